The Hall–Kier alpha value is -2.24. The normalized spacial score (nSPS) is 31.1. The van der Waals surface area contributed by atoms with Gasteiger partial charge in [-0.25, -0.2) is 4.79 Å². The summed E-state index contributed by atoms with van der Waals surface area (Å²) in [6.07, 6.45) is -2.97. The van der Waals surface area contributed by atoms with Crippen molar-refractivity contribution in [1.29, 1.82) is 0 Å². The van der Waals surface area contributed by atoms with Crippen LogP contribution < -0.4 is 5.32 Å². The summed E-state index contributed by atoms with van der Waals surface area (Å²) in [5, 5.41) is 2.64. The standard InChI is InChI=1S/C24H33NO9/c1-23(2)29-14-16(32-23)18-19(20-21(31-18)34-24(3,4)33-20)30-17(26)11-8-12-25-22(27)28-13-15-9-6-5-7-10-15/h5-7,9-10,16,18-21H,8,11-14H2,1-4H3,(H,25,27)/t16-,18+,19-,20-,21-/m1/s1. The number of nitrogens with one attached hydrogen (secondary N) is 1. The van der Waals surface area contributed by atoms with E-state index in [4.69, 9.17) is 33.2 Å². The van der Waals surface area contributed by atoms with E-state index in [1.54, 1.807) is 13.8 Å². The van der Waals surface area contributed by atoms with Crippen molar-refractivity contribution in [1.82, 2.24) is 5.32 Å². The molecule has 3 saturated heterocycles. The Morgan fingerprint density at radius 2 is 1.79 bits per heavy atom. The molecular formula is C24H33NO9. The van der Waals surface area contributed by atoms with E-state index >= 15 is 0 Å². The molecule has 0 bridgehead atoms. The number of carbonyl (C=O) groups excluding carboxylic acids is 2. The number of rotatable bonds is 8. The van der Waals surface area contributed by atoms with Crippen molar-refractivity contribution < 1.29 is 42.7 Å². The van der Waals surface area contributed by atoms with Crippen LogP contribution in [-0.2, 0) is 44.6 Å². The van der Waals surface area contributed by atoms with Crippen LogP contribution in [0.5, 0.6) is 0 Å². The predicted molar refractivity (Wildman–Crippen MR) is 117 cm³/mol. The van der Waals surface area contributed by atoms with Crippen LogP contribution in [-0.4, -0.2) is 67.5 Å². The summed E-state index contributed by atoms with van der Waals surface area (Å²) >= 11 is 0. The molecule has 1 aromatic carbocycles. The van der Waals surface area contributed by atoms with Crippen molar-refractivity contribution in [2.24, 2.45) is 0 Å². The highest BCUT2D eigenvalue weighted by molar-refractivity contribution is 5.70. The lowest BCUT2D eigenvalue weighted by Gasteiger charge is -2.28. The monoisotopic (exact) mass is 479 g/mol. The maximum Gasteiger partial charge on any atom is 0.407 e. The molecule has 3 aliphatic rings. The Morgan fingerprint density at radius 1 is 1.03 bits per heavy atom. The van der Waals surface area contributed by atoms with Gasteiger partial charge in [0.2, 0.25) is 0 Å². The Kier molecular flexibility index (Phi) is 7.44. The molecule has 3 heterocycles. The Bertz CT molecular complexity index is 859. The van der Waals surface area contributed by atoms with E-state index < -0.39 is 54.3 Å². The number of alkyl carbamates (subject to hydrolysis) is 1. The molecule has 1 aromatic rings. The summed E-state index contributed by atoms with van der Waals surface area (Å²) in [6.45, 7) is 7.97. The van der Waals surface area contributed by atoms with Gasteiger partial charge in [0.05, 0.1) is 6.61 Å². The second-order valence-corrected chi connectivity index (χ2v) is 9.48. The average Bonchev–Trinajstić information content (AvgIpc) is 3.40. The molecule has 5 atom stereocenters. The lowest BCUT2D eigenvalue weighted by molar-refractivity contribution is -0.235. The number of hydrogen-bond donors (Lipinski definition) is 1. The topological polar surface area (TPSA) is 111 Å². The highest BCUT2D eigenvalue weighted by Gasteiger charge is 2.59. The minimum Gasteiger partial charge on any atom is -0.456 e. The van der Waals surface area contributed by atoms with Crippen LogP contribution in [0.3, 0.4) is 0 Å². The molecule has 10 nitrogen and oxygen atoms in total. The number of hydrogen-bond acceptors (Lipinski definition) is 9. The van der Waals surface area contributed by atoms with Crippen LogP contribution in [0, 0.1) is 0 Å². The van der Waals surface area contributed by atoms with Crippen LogP contribution >= 0.6 is 0 Å². The van der Waals surface area contributed by atoms with Crippen LogP contribution in [0.15, 0.2) is 30.3 Å². The summed E-state index contributed by atoms with van der Waals surface area (Å²) in [6, 6.07) is 9.39. The fraction of sp³-hybridized carbons (Fsp3) is 0.667. The molecule has 188 valence electrons. The molecule has 0 saturated carbocycles. The number of carbonyl (C=O) groups is 2. The molecule has 3 aliphatic heterocycles. The van der Waals surface area contributed by atoms with Crippen molar-refractivity contribution in [2.45, 2.75) is 89.4 Å². The zero-order valence-corrected chi connectivity index (χ0v) is 20.0. The van der Waals surface area contributed by atoms with Crippen LogP contribution in [0.4, 0.5) is 4.79 Å². The van der Waals surface area contributed by atoms with Gasteiger partial charge < -0.3 is 38.5 Å². The smallest absolute Gasteiger partial charge is 0.407 e. The van der Waals surface area contributed by atoms with Gasteiger partial charge in [-0.1, -0.05) is 30.3 Å². The SMILES string of the molecule is CC1(C)O[C@H]2O[C@@H]([C@H]3COC(C)(C)O3)[C@@H](OC(=O)CCCNC(=O)OCc3ccccc3)[C@H]2O1. The third-order valence-corrected chi connectivity index (χ3v) is 5.73. The van der Waals surface area contributed by atoms with Crippen LogP contribution in [0.2, 0.25) is 0 Å². The van der Waals surface area contributed by atoms with Gasteiger partial charge in [-0.2, -0.15) is 0 Å². The Labute approximate surface area is 199 Å². The van der Waals surface area contributed by atoms with Crippen molar-refractivity contribution in [2.75, 3.05) is 13.2 Å². The fourth-order valence-electron chi connectivity index (χ4n) is 4.22. The minimum atomic E-state index is -0.846. The van der Waals surface area contributed by atoms with Crippen LogP contribution in [0.1, 0.15) is 46.1 Å². The maximum absolute atomic E-state index is 12.6. The molecule has 0 aliphatic carbocycles. The molecule has 10 heteroatoms. The Balaban J connectivity index is 1.23. The van der Waals surface area contributed by atoms with Crippen molar-refractivity contribution in [3.05, 3.63) is 35.9 Å². The van der Waals surface area contributed by atoms with E-state index in [9.17, 15) is 9.59 Å². The molecular weight excluding hydrogens is 446 g/mol. The molecule has 0 aromatic heterocycles. The summed E-state index contributed by atoms with van der Waals surface area (Å²) < 4.78 is 40.3. The second-order valence-electron chi connectivity index (χ2n) is 9.48. The number of benzene rings is 1. The largest absolute Gasteiger partial charge is 0.456 e. The van der Waals surface area contributed by atoms with E-state index in [1.165, 1.54) is 0 Å². The van der Waals surface area contributed by atoms with Gasteiger partial charge in [0, 0.05) is 13.0 Å². The van der Waals surface area contributed by atoms with Gasteiger partial charge in [-0.3, -0.25) is 4.79 Å². The van der Waals surface area contributed by atoms with E-state index in [1.807, 2.05) is 44.2 Å². The van der Waals surface area contributed by atoms with Gasteiger partial charge in [-0.15, -0.1) is 0 Å². The zero-order chi connectivity index (χ0) is 24.3. The molecule has 4 rings (SSSR count). The summed E-state index contributed by atoms with van der Waals surface area (Å²) in [7, 11) is 0. The second kappa shape index (κ2) is 10.2. The first-order valence-corrected chi connectivity index (χ1v) is 11.6. The number of ether oxygens (including phenoxy) is 7. The average molecular weight is 480 g/mol. The minimum absolute atomic E-state index is 0.108. The van der Waals surface area contributed by atoms with E-state index in [0.717, 1.165) is 5.56 Å². The molecule has 0 radical (unpaired) electrons. The first-order chi connectivity index (χ1) is 16.1. The molecule has 0 unspecified atom stereocenters. The highest BCUT2D eigenvalue weighted by Crippen LogP contribution is 2.42. The summed E-state index contributed by atoms with van der Waals surface area (Å²) in [4.78, 5) is 24.4. The van der Waals surface area contributed by atoms with Crippen LogP contribution in [0.25, 0.3) is 0 Å². The highest BCUT2D eigenvalue weighted by atomic mass is 16.8. The summed E-state index contributed by atoms with van der Waals surface area (Å²) in [5.74, 6) is -2.02. The van der Waals surface area contributed by atoms with Gasteiger partial charge in [0.1, 0.15) is 18.8 Å². The number of amides is 1. The molecule has 0 spiro atoms. The molecule has 1 N–H and O–H groups in total. The summed E-state index contributed by atoms with van der Waals surface area (Å²) in [5.41, 5.74) is 0.897. The first kappa shape index (κ1) is 24.9. The van der Waals surface area contributed by atoms with Gasteiger partial charge in [-0.05, 0) is 39.7 Å². The molecule has 1 amide bonds. The molecule has 34 heavy (non-hydrogen) atoms. The van der Waals surface area contributed by atoms with E-state index in [0.29, 0.717) is 13.0 Å². The van der Waals surface area contributed by atoms with Crippen molar-refractivity contribution in [3.8, 4) is 0 Å². The van der Waals surface area contributed by atoms with Gasteiger partial charge in [0.25, 0.3) is 0 Å². The zero-order valence-electron chi connectivity index (χ0n) is 20.0. The van der Waals surface area contributed by atoms with E-state index in [-0.39, 0.29) is 19.6 Å². The molecule has 3 fully saturated rings. The lowest BCUT2D eigenvalue weighted by Crippen LogP contribution is -2.45. The first-order valence-electron chi connectivity index (χ1n) is 11.6. The number of esters is 1. The third kappa shape index (κ3) is 6.25. The van der Waals surface area contributed by atoms with Crippen molar-refractivity contribution >= 4 is 12.1 Å². The number of fused-ring (bicyclic) bond motifs is 1. The quantitative estimate of drug-likeness (QED) is 0.444. The predicted octanol–water partition coefficient (Wildman–Crippen LogP) is 2.63. The lowest BCUT2D eigenvalue weighted by atomic mass is 10.1. The van der Waals surface area contributed by atoms with Gasteiger partial charge >= 0.3 is 12.1 Å². The maximum atomic E-state index is 12.6. The Morgan fingerprint density at radius 3 is 2.50 bits per heavy atom. The fourth-order valence-corrected chi connectivity index (χ4v) is 4.22. The van der Waals surface area contributed by atoms with E-state index in [2.05, 4.69) is 5.32 Å². The van der Waals surface area contributed by atoms with Crippen molar-refractivity contribution in [3.63, 3.8) is 0 Å². The van der Waals surface area contributed by atoms with Gasteiger partial charge in [0.15, 0.2) is 30.1 Å². The third-order valence-electron chi connectivity index (χ3n) is 5.73.